The van der Waals surface area contributed by atoms with E-state index in [4.69, 9.17) is 14.6 Å². The summed E-state index contributed by atoms with van der Waals surface area (Å²) in [6.45, 7) is 2.14. The van der Waals surface area contributed by atoms with E-state index >= 15 is 0 Å². The summed E-state index contributed by atoms with van der Waals surface area (Å²) in [6, 6.07) is 7.90. The van der Waals surface area contributed by atoms with Crippen molar-refractivity contribution in [1.29, 1.82) is 0 Å². The van der Waals surface area contributed by atoms with Gasteiger partial charge in [0.25, 0.3) is 5.91 Å². The molecule has 170 valence electrons. The molecule has 1 heterocycles. The molecule has 0 radical (unpaired) electrons. The zero-order valence-corrected chi connectivity index (χ0v) is 19.1. The zero-order chi connectivity index (χ0) is 23.3. The van der Waals surface area contributed by atoms with Gasteiger partial charge in [0.05, 0.1) is 29.4 Å². The van der Waals surface area contributed by atoms with Gasteiger partial charge in [-0.15, -0.1) is 0 Å². The maximum Gasteiger partial charge on any atom is 0.416 e. The molecule has 1 aliphatic rings. The van der Waals surface area contributed by atoms with Crippen molar-refractivity contribution in [3.05, 3.63) is 56.9 Å². The molecule has 1 fully saturated rings. The topological polar surface area (TPSA) is 80.2 Å². The van der Waals surface area contributed by atoms with Crippen LogP contribution in [0.15, 0.2) is 50.8 Å². The molecule has 1 aliphatic heterocycles. The van der Waals surface area contributed by atoms with Crippen molar-refractivity contribution in [3.8, 4) is 11.5 Å². The largest absolute Gasteiger partial charge is 0.490 e. The molecular formula is C21H18BrF3N2O4S. The number of rotatable bonds is 7. The summed E-state index contributed by atoms with van der Waals surface area (Å²) in [5.74, 6) is 0.453. The van der Waals surface area contributed by atoms with Crippen molar-refractivity contribution in [3.63, 3.8) is 0 Å². The zero-order valence-electron chi connectivity index (χ0n) is 16.7. The summed E-state index contributed by atoms with van der Waals surface area (Å²) in [6.07, 6.45) is -2.87. The second-order valence-corrected chi connectivity index (χ2v) is 8.24. The fourth-order valence-electron chi connectivity index (χ4n) is 2.69. The molecule has 1 saturated heterocycles. The Labute approximate surface area is 194 Å². The number of hydrogen-bond donors (Lipinski definition) is 2. The van der Waals surface area contributed by atoms with E-state index < -0.39 is 17.6 Å². The van der Waals surface area contributed by atoms with Crippen LogP contribution in [-0.4, -0.2) is 36.0 Å². The van der Waals surface area contributed by atoms with Gasteiger partial charge in [0.15, 0.2) is 16.7 Å². The van der Waals surface area contributed by atoms with E-state index in [1.807, 2.05) is 6.92 Å². The van der Waals surface area contributed by atoms with Crippen molar-refractivity contribution >= 4 is 50.5 Å². The highest BCUT2D eigenvalue weighted by Crippen LogP contribution is 2.37. The average Bonchev–Trinajstić information content (AvgIpc) is 3.07. The van der Waals surface area contributed by atoms with Crippen LogP contribution >= 0.6 is 27.7 Å². The van der Waals surface area contributed by atoms with Gasteiger partial charge < -0.3 is 19.9 Å². The second kappa shape index (κ2) is 10.4. The summed E-state index contributed by atoms with van der Waals surface area (Å²) in [5, 5.41) is 11.7. The molecule has 0 aliphatic carbocycles. The number of aliphatic hydroxyl groups excluding tert-OH is 1. The summed E-state index contributed by atoms with van der Waals surface area (Å²) in [5.41, 5.74) is -0.114. The number of halogens is 4. The van der Waals surface area contributed by atoms with Crippen LogP contribution in [0.25, 0.3) is 6.08 Å². The number of benzene rings is 2. The highest BCUT2D eigenvalue weighted by Gasteiger charge is 2.31. The van der Waals surface area contributed by atoms with Crippen LogP contribution in [0, 0.1) is 0 Å². The predicted molar refractivity (Wildman–Crippen MR) is 120 cm³/mol. The number of ether oxygens (including phenoxy) is 2. The molecule has 0 spiro atoms. The van der Waals surface area contributed by atoms with Gasteiger partial charge >= 0.3 is 6.18 Å². The number of carbonyl (C=O) groups is 1. The normalized spacial score (nSPS) is 16.5. The van der Waals surface area contributed by atoms with Gasteiger partial charge in [0.2, 0.25) is 0 Å². The van der Waals surface area contributed by atoms with Gasteiger partial charge in [0, 0.05) is 4.47 Å². The molecule has 0 aromatic heterocycles. The number of nitrogens with one attached hydrogen (secondary N) is 1. The van der Waals surface area contributed by atoms with E-state index in [1.54, 1.807) is 18.2 Å². The van der Waals surface area contributed by atoms with Crippen LogP contribution < -0.4 is 14.8 Å². The SMILES string of the molecule is CCOc1cc(/C=C2/SC(=Nc3cccc(C(F)(F)F)c3)NC2=O)c(Br)cc1OCCO. The van der Waals surface area contributed by atoms with Gasteiger partial charge in [-0.25, -0.2) is 4.99 Å². The molecule has 3 rings (SSSR count). The van der Waals surface area contributed by atoms with Crippen molar-refractivity contribution in [2.24, 2.45) is 4.99 Å². The Kier molecular flexibility index (Phi) is 7.86. The number of amidine groups is 1. The third-order valence-corrected chi connectivity index (χ3v) is 5.65. The van der Waals surface area contributed by atoms with Crippen LogP contribution in [0.4, 0.5) is 18.9 Å². The van der Waals surface area contributed by atoms with Crippen LogP contribution in [0.1, 0.15) is 18.1 Å². The second-order valence-electron chi connectivity index (χ2n) is 6.36. The molecule has 1 amide bonds. The number of nitrogens with zero attached hydrogens (tertiary/aromatic N) is 1. The van der Waals surface area contributed by atoms with Crippen LogP contribution in [0.5, 0.6) is 11.5 Å². The molecule has 11 heteroatoms. The molecule has 2 aromatic carbocycles. The standard InChI is InChI=1S/C21H18BrF3N2O4S/c1-2-30-16-8-12(15(22)11-17(16)31-7-6-28)9-18-19(29)27-20(32-18)26-14-5-3-4-13(10-14)21(23,24)25/h3-5,8-11,28H,2,6-7H2,1H3,(H,26,27,29)/b18-9+. The minimum absolute atomic E-state index is 0.0778. The van der Waals surface area contributed by atoms with E-state index in [9.17, 15) is 18.0 Å². The Morgan fingerprint density at radius 1 is 1.22 bits per heavy atom. The van der Waals surface area contributed by atoms with Crippen molar-refractivity contribution in [1.82, 2.24) is 5.32 Å². The fourth-order valence-corrected chi connectivity index (χ4v) is 3.96. The van der Waals surface area contributed by atoms with Crippen molar-refractivity contribution < 1.29 is 32.5 Å². The number of hydrogen-bond acceptors (Lipinski definition) is 6. The van der Waals surface area contributed by atoms with E-state index in [1.165, 1.54) is 12.1 Å². The molecule has 0 atom stereocenters. The van der Waals surface area contributed by atoms with E-state index in [-0.39, 0.29) is 24.1 Å². The predicted octanol–water partition coefficient (Wildman–Crippen LogP) is 5.13. The highest BCUT2D eigenvalue weighted by atomic mass is 79.9. The van der Waals surface area contributed by atoms with E-state index in [2.05, 4.69) is 26.2 Å². The lowest BCUT2D eigenvalue weighted by atomic mass is 10.2. The van der Waals surface area contributed by atoms with Gasteiger partial charge in [-0.3, -0.25) is 4.79 Å². The number of amides is 1. The number of aliphatic hydroxyl groups is 1. The molecule has 6 nitrogen and oxygen atoms in total. The molecular weight excluding hydrogens is 513 g/mol. The lowest BCUT2D eigenvalue weighted by Gasteiger charge is -2.13. The molecule has 0 bridgehead atoms. The van der Waals surface area contributed by atoms with Gasteiger partial charge in [0.1, 0.15) is 6.61 Å². The number of thioether (sulfide) groups is 1. The van der Waals surface area contributed by atoms with Gasteiger partial charge in [-0.05, 0) is 60.7 Å². The lowest BCUT2D eigenvalue weighted by Crippen LogP contribution is -2.19. The Balaban J connectivity index is 1.87. The quantitative estimate of drug-likeness (QED) is 0.485. The van der Waals surface area contributed by atoms with Gasteiger partial charge in [-0.2, -0.15) is 13.2 Å². The maximum atomic E-state index is 12.9. The Bertz CT molecular complexity index is 1070. The fraction of sp³-hybridized carbons (Fsp3) is 0.238. The monoisotopic (exact) mass is 530 g/mol. The Morgan fingerprint density at radius 3 is 2.66 bits per heavy atom. The average molecular weight is 531 g/mol. The Morgan fingerprint density at radius 2 is 1.97 bits per heavy atom. The summed E-state index contributed by atoms with van der Waals surface area (Å²) in [4.78, 5) is 16.8. The highest BCUT2D eigenvalue weighted by molar-refractivity contribution is 9.10. The smallest absolute Gasteiger partial charge is 0.416 e. The number of carbonyl (C=O) groups excluding carboxylic acids is 1. The first-order valence-electron chi connectivity index (χ1n) is 9.38. The van der Waals surface area contributed by atoms with Crippen LogP contribution in [-0.2, 0) is 11.0 Å². The Hall–Kier alpha value is -2.50. The molecule has 32 heavy (non-hydrogen) atoms. The molecule has 2 N–H and O–H groups in total. The molecule has 2 aromatic rings. The minimum atomic E-state index is -4.48. The van der Waals surface area contributed by atoms with Gasteiger partial charge in [-0.1, -0.05) is 22.0 Å². The molecule has 0 saturated carbocycles. The van der Waals surface area contributed by atoms with Crippen LogP contribution in [0.2, 0.25) is 0 Å². The first-order chi connectivity index (χ1) is 15.2. The maximum absolute atomic E-state index is 12.9. The first kappa shape index (κ1) is 24.1. The molecule has 0 unspecified atom stereocenters. The van der Waals surface area contributed by atoms with E-state index in [0.29, 0.717) is 33.0 Å². The number of aliphatic imine (C=N–C) groups is 1. The van der Waals surface area contributed by atoms with Crippen LogP contribution in [0.3, 0.4) is 0 Å². The summed E-state index contributed by atoms with van der Waals surface area (Å²) >= 11 is 4.44. The first-order valence-corrected chi connectivity index (χ1v) is 11.0. The van der Waals surface area contributed by atoms with Crippen molar-refractivity contribution in [2.75, 3.05) is 19.8 Å². The minimum Gasteiger partial charge on any atom is -0.490 e. The summed E-state index contributed by atoms with van der Waals surface area (Å²) < 4.78 is 50.4. The number of alkyl halides is 3. The third-order valence-electron chi connectivity index (χ3n) is 4.05. The lowest BCUT2D eigenvalue weighted by molar-refractivity contribution is -0.137. The van der Waals surface area contributed by atoms with E-state index in [0.717, 1.165) is 23.9 Å². The van der Waals surface area contributed by atoms with Crippen molar-refractivity contribution in [2.45, 2.75) is 13.1 Å². The summed E-state index contributed by atoms with van der Waals surface area (Å²) in [7, 11) is 0. The third kappa shape index (κ3) is 6.05.